The number of nitrogens with one attached hydrogen (secondary N) is 1. The van der Waals surface area contributed by atoms with Crippen molar-refractivity contribution in [1.82, 2.24) is 5.32 Å². The summed E-state index contributed by atoms with van der Waals surface area (Å²) in [6.45, 7) is 5.34. The van der Waals surface area contributed by atoms with Crippen LogP contribution in [-0.2, 0) is 27.2 Å². The van der Waals surface area contributed by atoms with Crippen molar-refractivity contribution in [2.45, 2.75) is 50.5 Å². The predicted octanol–water partition coefficient (Wildman–Crippen LogP) is 2.99. The van der Waals surface area contributed by atoms with Crippen LogP contribution in [0.2, 0.25) is 0 Å². The molecule has 0 aromatic heterocycles. The van der Waals surface area contributed by atoms with Crippen molar-refractivity contribution in [1.29, 1.82) is 0 Å². The number of hydrogen-bond acceptors (Lipinski definition) is 5. The van der Waals surface area contributed by atoms with E-state index in [1.165, 1.54) is 12.1 Å². The molecule has 1 saturated carbocycles. The van der Waals surface area contributed by atoms with E-state index < -0.39 is 33.3 Å². The van der Waals surface area contributed by atoms with Crippen molar-refractivity contribution in [2.24, 2.45) is 0 Å². The highest BCUT2D eigenvalue weighted by Crippen LogP contribution is 2.47. The van der Waals surface area contributed by atoms with E-state index in [2.05, 4.69) is 5.32 Å². The number of carbonyl (C=O) groups is 1. The quantitative estimate of drug-likeness (QED) is 0.497. The smallest absolute Gasteiger partial charge is 0.408 e. The van der Waals surface area contributed by atoms with Crippen molar-refractivity contribution >= 4 is 23.0 Å². The summed E-state index contributed by atoms with van der Waals surface area (Å²) >= 11 is -1.15. The molecule has 1 aromatic carbocycles. The first-order chi connectivity index (χ1) is 11.0. The van der Waals surface area contributed by atoms with Crippen molar-refractivity contribution in [2.75, 3.05) is 6.26 Å². The van der Waals surface area contributed by atoms with Gasteiger partial charge in [-0.2, -0.15) is 0 Å². The zero-order chi connectivity index (χ0) is 18.1. The Morgan fingerprint density at radius 1 is 1.42 bits per heavy atom. The van der Waals surface area contributed by atoms with E-state index in [0.717, 1.165) is 5.56 Å². The van der Waals surface area contributed by atoms with Gasteiger partial charge in [-0.25, -0.2) is 4.79 Å². The molecule has 0 saturated heterocycles. The minimum Gasteiger partial charge on any atom is -0.616 e. The second-order valence-corrected chi connectivity index (χ2v) is 8.46. The summed E-state index contributed by atoms with van der Waals surface area (Å²) in [6, 6.07) is 4.49. The molecular weight excluding hydrogens is 332 g/mol. The van der Waals surface area contributed by atoms with Gasteiger partial charge in [0.15, 0.2) is 0 Å². The SMILES string of the molecule is C[S+]([O-])Cc1cc([N+](=O)[O-])ccc1C1(NC(=O)OC(C)(C)C)CC1. The number of alkyl carbamates (subject to hydrolysis) is 1. The summed E-state index contributed by atoms with van der Waals surface area (Å²) in [5.74, 6) is 0.203. The summed E-state index contributed by atoms with van der Waals surface area (Å²) in [5, 5.41) is 13.9. The molecular formula is C16H22N2O5S. The first-order valence-electron chi connectivity index (χ1n) is 7.61. The highest BCUT2D eigenvalue weighted by Gasteiger charge is 2.48. The Labute approximate surface area is 144 Å². The molecule has 1 aliphatic rings. The fourth-order valence-corrected chi connectivity index (χ4v) is 3.26. The second kappa shape index (κ2) is 6.60. The Hall–Kier alpha value is -1.80. The molecule has 0 radical (unpaired) electrons. The molecule has 132 valence electrons. The van der Waals surface area contributed by atoms with Gasteiger partial charge in [-0.15, -0.1) is 0 Å². The second-order valence-electron chi connectivity index (χ2n) is 7.03. The molecule has 1 aromatic rings. The minimum absolute atomic E-state index is 0.0488. The molecule has 8 heteroatoms. The van der Waals surface area contributed by atoms with E-state index in [1.54, 1.807) is 33.1 Å². The Morgan fingerprint density at radius 2 is 2.04 bits per heavy atom. The van der Waals surface area contributed by atoms with Gasteiger partial charge in [-0.3, -0.25) is 10.1 Å². The van der Waals surface area contributed by atoms with Gasteiger partial charge >= 0.3 is 6.09 Å². The standard InChI is InChI=1S/C16H22N2O5S/c1-15(2,3)23-14(19)17-16(7-8-16)13-6-5-12(18(20)21)9-11(13)10-24(4)22/h5-6,9H,7-8,10H2,1-4H3,(H,17,19). The van der Waals surface area contributed by atoms with Crippen LogP contribution in [0.3, 0.4) is 0 Å². The lowest BCUT2D eigenvalue weighted by molar-refractivity contribution is -0.384. The third kappa shape index (κ3) is 4.61. The molecule has 0 bridgehead atoms. The number of nitrogens with zero attached hydrogens (tertiary/aromatic N) is 1. The summed E-state index contributed by atoms with van der Waals surface area (Å²) in [6.07, 6.45) is 2.45. The molecule has 1 N–H and O–H groups in total. The first-order valence-corrected chi connectivity index (χ1v) is 9.34. The van der Waals surface area contributed by atoms with Gasteiger partial charge in [0.05, 0.1) is 16.7 Å². The van der Waals surface area contributed by atoms with E-state index >= 15 is 0 Å². The van der Waals surface area contributed by atoms with Crippen LogP contribution in [0, 0.1) is 10.1 Å². The third-order valence-corrected chi connectivity index (χ3v) is 4.38. The summed E-state index contributed by atoms with van der Waals surface area (Å²) in [7, 11) is 0. The molecule has 24 heavy (non-hydrogen) atoms. The van der Waals surface area contributed by atoms with Gasteiger partial charge in [0.1, 0.15) is 11.4 Å². The molecule has 7 nitrogen and oxygen atoms in total. The van der Waals surface area contributed by atoms with E-state index in [4.69, 9.17) is 4.74 Å². The van der Waals surface area contributed by atoms with Crippen molar-refractivity contribution in [3.8, 4) is 0 Å². The van der Waals surface area contributed by atoms with Crippen LogP contribution in [0.1, 0.15) is 44.7 Å². The lowest BCUT2D eigenvalue weighted by atomic mass is 9.98. The number of rotatable bonds is 5. The van der Waals surface area contributed by atoms with Gasteiger partial charge in [0, 0.05) is 17.7 Å². The van der Waals surface area contributed by atoms with Crippen LogP contribution in [0.4, 0.5) is 10.5 Å². The number of hydrogen-bond donors (Lipinski definition) is 1. The van der Waals surface area contributed by atoms with Crippen LogP contribution in [0.25, 0.3) is 0 Å². The Bertz CT molecular complexity index is 650. The van der Waals surface area contributed by atoms with Crippen LogP contribution in [0.15, 0.2) is 18.2 Å². The highest BCUT2D eigenvalue weighted by molar-refractivity contribution is 7.89. The molecule has 0 spiro atoms. The van der Waals surface area contributed by atoms with Crippen molar-refractivity contribution in [3.63, 3.8) is 0 Å². The number of benzene rings is 1. The molecule has 0 aliphatic heterocycles. The largest absolute Gasteiger partial charge is 0.616 e. The highest BCUT2D eigenvalue weighted by atomic mass is 32.2. The number of nitro groups is 1. The Kier molecular flexibility index (Phi) is 5.10. The Balaban J connectivity index is 2.29. The predicted molar refractivity (Wildman–Crippen MR) is 91.1 cm³/mol. The number of ether oxygens (including phenoxy) is 1. The maximum atomic E-state index is 12.1. The summed E-state index contributed by atoms with van der Waals surface area (Å²) < 4.78 is 16.9. The molecule has 1 atom stereocenters. The first kappa shape index (κ1) is 18.5. The van der Waals surface area contributed by atoms with Crippen LogP contribution >= 0.6 is 0 Å². The molecule has 2 rings (SSSR count). The molecule has 1 unspecified atom stereocenters. The van der Waals surface area contributed by atoms with E-state index in [0.29, 0.717) is 18.4 Å². The number of carbonyl (C=O) groups excluding carboxylic acids is 1. The lowest BCUT2D eigenvalue weighted by Gasteiger charge is -2.25. The Morgan fingerprint density at radius 3 is 2.50 bits per heavy atom. The fraction of sp³-hybridized carbons (Fsp3) is 0.562. The van der Waals surface area contributed by atoms with E-state index in [1.807, 2.05) is 0 Å². The molecule has 1 aliphatic carbocycles. The maximum Gasteiger partial charge on any atom is 0.408 e. The molecule has 0 heterocycles. The fourth-order valence-electron chi connectivity index (χ4n) is 2.58. The van der Waals surface area contributed by atoms with E-state index in [9.17, 15) is 19.5 Å². The number of nitro benzene ring substituents is 1. The van der Waals surface area contributed by atoms with Gasteiger partial charge in [-0.05, 0) is 45.2 Å². The normalized spacial score (nSPS) is 17.0. The summed E-state index contributed by atoms with van der Waals surface area (Å²) in [4.78, 5) is 22.6. The molecule has 1 fully saturated rings. The van der Waals surface area contributed by atoms with Gasteiger partial charge < -0.3 is 14.6 Å². The van der Waals surface area contributed by atoms with Crippen LogP contribution in [-0.4, -0.2) is 27.4 Å². The number of non-ortho nitro benzene ring substituents is 1. The zero-order valence-corrected chi connectivity index (χ0v) is 15.1. The monoisotopic (exact) mass is 354 g/mol. The van der Waals surface area contributed by atoms with Gasteiger partial charge in [0.2, 0.25) is 0 Å². The average Bonchev–Trinajstić information content (AvgIpc) is 3.15. The maximum absolute atomic E-state index is 12.1. The van der Waals surface area contributed by atoms with E-state index in [-0.39, 0.29) is 11.4 Å². The van der Waals surface area contributed by atoms with Crippen molar-refractivity contribution in [3.05, 3.63) is 39.4 Å². The van der Waals surface area contributed by atoms with Crippen molar-refractivity contribution < 1.29 is 19.0 Å². The lowest BCUT2D eigenvalue weighted by Crippen LogP contribution is -2.39. The van der Waals surface area contributed by atoms with Gasteiger partial charge in [-0.1, -0.05) is 11.2 Å². The van der Waals surface area contributed by atoms with Crippen LogP contribution < -0.4 is 5.32 Å². The summed E-state index contributed by atoms with van der Waals surface area (Å²) in [5.41, 5.74) is 0.148. The zero-order valence-electron chi connectivity index (χ0n) is 14.3. The third-order valence-electron chi connectivity index (χ3n) is 3.66. The molecule has 1 amide bonds. The topological polar surface area (TPSA) is 105 Å². The number of amides is 1. The van der Waals surface area contributed by atoms with Gasteiger partial charge in [0.25, 0.3) is 5.69 Å². The average molecular weight is 354 g/mol. The minimum atomic E-state index is -1.15. The van der Waals surface area contributed by atoms with Crippen LogP contribution in [0.5, 0.6) is 0 Å².